The molecule has 0 saturated heterocycles. The molecule has 4 nitrogen and oxygen atoms in total. The van der Waals surface area contributed by atoms with Crippen LogP contribution in [-0.2, 0) is 0 Å². The molecule has 0 aliphatic heterocycles. The number of carbonyl (C=O) groups excluding carboxylic acids is 1. The van der Waals surface area contributed by atoms with Gasteiger partial charge in [-0.25, -0.2) is 4.79 Å². The Morgan fingerprint density at radius 3 is 2.81 bits per heavy atom. The third-order valence-corrected chi connectivity index (χ3v) is 4.19. The van der Waals surface area contributed by atoms with Gasteiger partial charge in [-0.3, -0.25) is 0 Å². The van der Waals surface area contributed by atoms with Gasteiger partial charge in [-0.15, -0.1) is 0 Å². The molecule has 4 atom stereocenters. The fourth-order valence-corrected chi connectivity index (χ4v) is 3.44. The quantitative estimate of drug-likeness (QED) is 0.672. The van der Waals surface area contributed by atoms with Crippen LogP contribution in [0.3, 0.4) is 0 Å². The van der Waals surface area contributed by atoms with Gasteiger partial charge < -0.3 is 15.7 Å². The van der Waals surface area contributed by atoms with E-state index in [1.165, 1.54) is 25.7 Å². The summed E-state index contributed by atoms with van der Waals surface area (Å²) in [7, 11) is 0. The smallest absolute Gasteiger partial charge is 0.315 e. The minimum absolute atomic E-state index is 0.00404. The van der Waals surface area contributed by atoms with Crippen LogP contribution in [0.4, 0.5) is 4.79 Å². The van der Waals surface area contributed by atoms with E-state index in [1.807, 2.05) is 0 Å². The van der Waals surface area contributed by atoms with Crippen LogP contribution >= 0.6 is 0 Å². The summed E-state index contributed by atoms with van der Waals surface area (Å²) in [6.45, 7) is 2.43. The van der Waals surface area contributed by atoms with E-state index in [0.29, 0.717) is 12.5 Å². The number of amides is 2. The first kappa shape index (κ1) is 11.7. The summed E-state index contributed by atoms with van der Waals surface area (Å²) in [4.78, 5) is 11.4. The van der Waals surface area contributed by atoms with E-state index in [0.717, 1.165) is 11.8 Å². The van der Waals surface area contributed by atoms with Crippen LogP contribution in [0.25, 0.3) is 0 Å². The molecule has 2 fully saturated rings. The maximum atomic E-state index is 11.4. The molecule has 16 heavy (non-hydrogen) atoms. The lowest BCUT2D eigenvalue weighted by molar-refractivity contribution is 0.216. The van der Waals surface area contributed by atoms with Crippen molar-refractivity contribution in [2.75, 3.05) is 13.2 Å². The van der Waals surface area contributed by atoms with Gasteiger partial charge in [0.2, 0.25) is 0 Å². The molecule has 2 rings (SSSR count). The largest absolute Gasteiger partial charge is 0.395 e. The van der Waals surface area contributed by atoms with E-state index < -0.39 is 0 Å². The molecule has 3 N–H and O–H groups in total. The van der Waals surface area contributed by atoms with E-state index in [2.05, 4.69) is 17.6 Å². The maximum absolute atomic E-state index is 11.4. The van der Waals surface area contributed by atoms with Gasteiger partial charge in [0.15, 0.2) is 0 Å². The van der Waals surface area contributed by atoms with Crippen LogP contribution in [0.1, 0.15) is 32.6 Å². The molecule has 0 heterocycles. The number of fused-ring (bicyclic) bond motifs is 2. The zero-order valence-corrected chi connectivity index (χ0v) is 9.91. The zero-order chi connectivity index (χ0) is 11.5. The van der Waals surface area contributed by atoms with Crippen LogP contribution in [0.5, 0.6) is 0 Å². The molecule has 92 valence electrons. The highest BCUT2D eigenvalue weighted by Gasteiger charge is 2.42. The average molecular weight is 226 g/mol. The van der Waals surface area contributed by atoms with Crippen LogP contribution in [0.15, 0.2) is 0 Å². The first-order chi connectivity index (χ1) is 7.70. The lowest BCUT2D eigenvalue weighted by Gasteiger charge is -2.28. The lowest BCUT2D eigenvalue weighted by Crippen LogP contribution is -2.45. The molecule has 2 amide bonds. The monoisotopic (exact) mass is 226 g/mol. The topological polar surface area (TPSA) is 61.4 Å². The van der Waals surface area contributed by atoms with Crippen molar-refractivity contribution in [3.63, 3.8) is 0 Å². The van der Waals surface area contributed by atoms with Gasteiger partial charge in [-0.05, 0) is 43.9 Å². The highest BCUT2D eigenvalue weighted by Crippen LogP contribution is 2.49. The van der Waals surface area contributed by atoms with Crippen molar-refractivity contribution >= 4 is 6.03 Å². The predicted octanol–water partition coefficient (Wildman–Crippen LogP) is 1.10. The van der Waals surface area contributed by atoms with Gasteiger partial charge in [0.1, 0.15) is 0 Å². The molecule has 2 bridgehead atoms. The van der Waals surface area contributed by atoms with Gasteiger partial charge in [0.05, 0.1) is 6.61 Å². The average Bonchev–Trinajstić information content (AvgIpc) is 2.87. The number of hydrogen-bond donors (Lipinski definition) is 3. The third-order valence-electron chi connectivity index (χ3n) is 4.19. The van der Waals surface area contributed by atoms with Gasteiger partial charge in [-0.2, -0.15) is 0 Å². The van der Waals surface area contributed by atoms with Crippen molar-refractivity contribution in [3.8, 4) is 0 Å². The Kier molecular flexibility index (Phi) is 3.69. The minimum Gasteiger partial charge on any atom is -0.395 e. The van der Waals surface area contributed by atoms with Crippen molar-refractivity contribution in [2.45, 2.75) is 38.6 Å². The summed E-state index contributed by atoms with van der Waals surface area (Å²) in [5.74, 6) is 2.41. The molecular formula is C12H22N2O2. The van der Waals surface area contributed by atoms with E-state index >= 15 is 0 Å². The number of carbonyl (C=O) groups is 1. The lowest BCUT2D eigenvalue weighted by atomic mass is 9.84. The molecule has 0 radical (unpaired) electrons. The second kappa shape index (κ2) is 5.04. The Balaban J connectivity index is 1.75. The van der Waals surface area contributed by atoms with Gasteiger partial charge in [0, 0.05) is 12.6 Å². The fraction of sp³-hybridized carbons (Fsp3) is 0.917. The Morgan fingerprint density at radius 2 is 2.25 bits per heavy atom. The summed E-state index contributed by atoms with van der Waals surface area (Å²) in [5, 5.41) is 14.2. The number of aliphatic hydroxyl groups is 1. The standard InChI is InChI=1S/C12H22N2O2/c1-8(14-12(16)13-4-5-15)11-7-9-2-3-10(11)6-9/h8-11,15H,2-7H2,1H3,(H2,13,14,16). The molecular weight excluding hydrogens is 204 g/mol. The van der Waals surface area contributed by atoms with Gasteiger partial charge >= 0.3 is 6.03 Å². The van der Waals surface area contributed by atoms with Crippen molar-refractivity contribution in [1.29, 1.82) is 0 Å². The second-order valence-corrected chi connectivity index (χ2v) is 5.25. The third kappa shape index (κ3) is 2.48. The van der Waals surface area contributed by atoms with E-state index in [-0.39, 0.29) is 18.7 Å². The first-order valence-electron chi connectivity index (χ1n) is 6.36. The molecule has 2 aliphatic rings. The fourth-order valence-electron chi connectivity index (χ4n) is 3.44. The number of hydrogen-bond acceptors (Lipinski definition) is 2. The number of rotatable bonds is 4. The number of urea groups is 1. The van der Waals surface area contributed by atoms with Crippen LogP contribution in [0, 0.1) is 17.8 Å². The normalized spacial score (nSPS) is 33.8. The number of nitrogens with one attached hydrogen (secondary N) is 2. The first-order valence-corrected chi connectivity index (χ1v) is 6.36. The summed E-state index contributed by atoms with van der Waals surface area (Å²) in [6, 6.07) is 0.110. The Labute approximate surface area is 96.8 Å². The van der Waals surface area contributed by atoms with Crippen molar-refractivity contribution in [3.05, 3.63) is 0 Å². The summed E-state index contributed by atoms with van der Waals surface area (Å²) in [6.07, 6.45) is 5.39. The zero-order valence-electron chi connectivity index (χ0n) is 9.91. The summed E-state index contributed by atoms with van der Waals surface area (Å²) < 4.78 is 0. The molecule has 0 spiro atoms. The van der Waals surface area contributed by atoms with Crippen LogP contribution < -0.4 is 10.6 Å². The van der Waals surface area contributed by atoms with Crippen molar-refractivity contribution < 1.29 is 9.90 Å². The molecule has 4 unspecified atom stereocenters. The molecule has 0 aromatic rings. The van der Waals surface area contributed by atoms with Gasteiger partial charge in [-0.1, -0.05) is 6.42 Å². The van der Waals surface area contributed by atoms with E-state index in [4.69, 9.17) is 5.11 Å². The van der Waals surface area contributed by atoms with Crippen LogP contribution in [-0.4, -0.2) is 30.3 Å². The summed E-state index contributed by atoms with van der Waals surface area (Å²) in [5.41, 5.74) is 0. The van der Waals surface area contributed by atoms with Crippen LogP contribution in [0.2, 0.25) is 0 Å². The summed E-state index contributed by atoms with van der Waals surface area (Å²) >= 11 is 0. The molecule has 0 aromatic heterocycles. The molecule has 0 aromatic carbocycles. The second-order valence-electron chi connectivity index (χ2n) is 5.25. The number of aliphatic hydroxyl groups excluding tert-OH is 1. The van der Waals surface area contributed by atoms with Gasteiger partial charge in [0.25, 0.3) is 0 Å². The minimum atomic E-state index is -0.149. The van der Waals surface area contributed by atoms with E-state index in [1.54, 1.807) is 0 Å². The maximum Gasteiger partial charge on any atom is 0.315 e. The molecule has 4 heteroatoms. The van der Waals surface area contributed by atoms with Crippen molar-refractivity contribution in [1.82, 2.24) is 10.6 Å². The highest BCUT2D eigenvalue weighted by molar-refractivity contribution is 5.74. The van der Waals surface area contributed by atoms with E-state index in [9.17, 15) is 4.79 Å². The molecule has 2 aliphatic carbocycles. The van der Waals surface area contributed by atoms with Crippen molar-refractivity contribution in [2.24, 2.45) is 17.8 Å². The highest BCUT2D eigenvalue weighted by atomic mass is 16.3. The Morgan fingerprint density at radius 1 is 1.44 bits per heavy atom. The Bertz CT molecular complexity index is 257. The predicted molar refractivity (Wildman–Crippen MR) is 62.0 cm³/mol. The molecule has 2 saturated carbocycles. The SMILES string of the molecule is CC(NC(=O)NCCO)C1CC2CCC1C2. The Hall–Kier alpha value is -0.770.